The number of anilines is 1. The molecule has 0 spiro atoms. The van der Waals surface area contributed by atoms with Crippen molar-refractivity contribution in [1.29, 1.82) is 0 Å². The Hall–Kier alpha value is -1.71. The van der Waals surface area contributed by atoms with Crippen molar-refractivity contribution in [3.63, 3.8) is 0 Å². The van der Waals surface area contributed by atoms with E-state index in [-0.39, 0.29) is 11.3 Å². The van der Waals surface area contributed by atoms with Crippen molar-refractivity contribution in [2.24, 2.45) is 11.3 Å². The van der Waals surface area contributed by atoms with Crippen LogP contribution in [0.15, 0.2) is 18.2 Å². The Labute approximate surface area is 121 Å². The van der Waals surface area contributed by atoms with Gasteiger partial charge in [0.15, 0.2) is 0 Å². The summed E-state index contributed by atoms with van der Waals surface area (Å²) < 4.78 is 5.36. The summed E-state index contributed by atoms with van der Waals surface area (Å²) in [5, 5.41) is 2.95. The summed E-state index contributed by atoms with van der Waals surface area (Å²) in [4.78, 5) is 12.1. The number of carbonyl (C=O) groups is 1. The maximum atomic E-state index is 12.1. The molecule has 0 heterocycles. The number of nitrogen functional groups attached to an aromatic ring is 1. The number of benzene rings is 1. The fraction of sp³-hybridized carbons (Fsp3) is 0.562. The number of rotatable bonds is 5. The number of hydrogen-bond donors (Lipinski definition) is 2. The van der Waals surface area contributed by atoms with Crippen molar-refractivity contribution >= 4 is 11.6 Å². The molecule has 1 amide bonds. The van der Waals surface area contributed by atoms with Crippen LogP contribution in [0.25, 0.3) is 0 Å². The minimum absolute atomic E-state index is 0.101. The van der Waals surface area contributed by atoms with E-state index < -0.39 is 0 Å². The Morgan fingerprint density at radius 3 is 2.55 bits per heavy atom. The summed E-state index contributed by atoms with van der Waals surface area (Å²) in [6, 6.07) is 5.13. The highest BCUT2D eigenvalue weighted by Gasteiger charge is 2.20. The molecule has 0 aromatic heterocycles. The molecule has 0 bridgehead atoms. The molecule has 0 fully saturated rings. The molecule has 3 N–H and O–H groups in total. The molecule has 0 radical (unpaired) electrons. The molecular weight excluding hydrogens is 252 g/mol. The molecule has 0 aliphatic rings. The smallest absolute Gasteiger partial charge is 0.251 e. The fourth-order valence-electron chi connectivity index (χ4n) is 1.63. The molecule has 112 valence electrons. The molecule has 0 aliphatic carbocycles. The maximum Gasteiger partial charge on any atom is 0.251 e. The standard InChI is InChI=1S/C16H26N2O2/c1-6-20-14-8-7-12(9-13(14)17)15(19)18-10-11(2)16(3,4)5/h7-9,11H,6,10,17H2,1-5H3,(H,18,19). The van der Waals surface area contributed by atoms with Crippen LogP contribution < -0.4 is 15.8 Å². The largest absolute Gasteiger partial charge is 0.492 e. The van der Waals surface area contributed by atoms with E-state index in [1.165, 1.54) is 0 Å². The first-order chi connectivity index (χ1) is 9.25. The molecule has 1 rings (SSSR count). The third kappa shape index (κ3) is 4.44. The highest BCUT2D eigenvalue weighted by Crippen LogP contribution is 2.25. The van der Waals surface area contributed by atoms with Gasteiger partial charge in [0.2, 0.25) is 0 Å². The van der Waals surface area contributed by atoms with Gasteiger partial charge in [-0.25, -0.2) is 0 Å². The molecule has 4 heteroatoms. The number of carbonyl (C=O) groups excluding carboxylic acids is 1. The van der Waals surface area contributed by atoms with Gasteiger partial charge >= 0.3 is 0 Å². The van der Waals surface area contributed by atoms with E-state index in [4.69, 9.17) is 10.5 Å². The van der Waals surface area contributed by atoms with E-state index in [9.17, 15) is 4.79 Å². The van der Waals surface area contributed by atoms with Gasteiger partial charge in [0.05, 0.1) is 12.3 Å². The van der Waals surface area contributed by atoms with Crippen molar-refractivity contribution in [3.8, 4) is 5.75 Å². The van der Waals surface area contributed by atoms with E-state index >= 15 is 0 Å². The maximum absolute atomic E-state index is 12.1. The Balaban J connectivity index is 2.67. The van der Waals surface area contributed by atoms with Crippen LogP contribution in [-0.2, 0) is 0 Å². The lowest BCUT2D eigenvalue weighted by Gasteiger charge is -2.27. The average Bonchev–Trinajstić information content (AvgIpc) is 2.37. The van der Waals surface area contributed by atoms with Crippen LogP contribution >= 0.6 is 0 Å². The highest BCUT2D eigenvalue weighted by molar-refractivity contribution is 5.95. The molecule has 1 aromatic carbocycles. The minimum Gasteiger partial charge on any atom is -0.492 e. The third-order valence-electron chi connectivity index (χ3n) is 3.62. The van der Waals surface area contributed by atoms with Gasteiger partial charge in [0.25, 0.3) is 5.91 Å². The number of nitrogens with one attached hydrogen (secondary N) is 1. The molecule has 1 unspecified atom stereocenters. The lowest BCUT2D eigenvalue weighted by Crippen LogP contribution is -2.33. The molecule has 1 aromatic rings. The predicted octanol–water partition coefficient (Wildman–Crippen LogP) is 3.08. The summed E-state index contributed by atoms with van der Waals surface area (Å²) in [6.45, 7) is 11.7. The zero-order chi connectivity index (χ0) is 15.3. The van der Waals surface area contributed by atoms with Crippen LogP contribution in [0.5, 0.6) is 5.75 Å². The molecule has 20 heavy (non-hydrogen) atoms. The van der Waals surface area contributed by atoms with Crippen molar-refractivity contribution in [3.05, 3.63) is 23.8 Å². The lowest BCUT2D eigenvalue weighted by molar-refractivity contribution is 0.0937. The Morgan fingerprint density at radius 2 is 2.05 bits per heavy atom. The Bertz CT molecular complexity index is 464. The molecule has 4 nitrogen and oxygen atoms in total. The van der Waals surface area contributed by atoms with Crippen LogP contribution in [0.2, 0.25) is 0 Å². The number of hydrogen-bond acceptors (Lipinski definition) is 3. The van der Waals surface area contributed by atoms with Gasteiger partial charge in [0, 0.05) is 12.1 Å². The van der Waals surface area contributed by atoms with Crippen molar-refractivity contribution < 1.29 is 9.53 Å². The summed E-state index contributed by atoms with van der Waals surface area (Å²) in [5.41, 5.74) is 7.09. The summed E-state index contributed by atoms with van der Waals surface area (Å²) in [7, 11) is 0. The molecule has 0 saturated carbocycles. The predicted molar refractivity (Wildman–Crippen MR) is 83.0 cm³/mol. The first-order valence-electron chi connectivity index (χ1n) is 7.06. The van der Waals surface area contributed by atoms with Crippen LogP contribution in [-0.4, -0.2) is 19.1 Å². The summed E-state index contributed by atoms with van der Waals surface area (Å²) >= 11 is 0. The summed E-state index contributed by atoms with van der Waals surface area (Å²) in [6.07, 6.45) is 0. The van der Waals surface area contributed by atoms with E-state index in [0.29, 0.717) is 36.1 Å². The van der Waals surface area contributed by atoms with Gasteiger partial charge in [0.1, 0.15) is 5.75 Å². The van der Waals surface area contributed by atoms with E-state index in [2.05, 4.69) is 33.0 Å². The van der Waals surface area contributed by atoms with Gasteiger partial charge in [-0.15, -0.1) is 0 Å². The molecule has 1 atom stereocenters. The molecule has 0 saturated heterocycles. The Kier molecular flexibility index (Phi) is 5.43. The second-order valence-electron chi connectivity index (χ2n) is 6.16. The van der Waals surface area contributed by atoms with Crippen LogP contribution in [0.1, 0.15) is 45.0 Å². The number of nitrogens with two attached hydrogens (primary N) is 1. The zero-order valence-electron chi connectivity index (χ0n) is 13.1. The molecular formula is C16H26N2O2. The van der Waals surface area contributed by atoms with Crippen LogP contribution in [0.4, 0.5) is 5.69 Å². The number of amides is 1. The molecule has 0 aliphatic heterocycles. The van der Waals surface area contributed by atoms with E-state index in [1.807, 2.05) is 6.92 Å². The lowest BCUT2D eigenvalue weighted by atomic mass is 9.82. The topological polar surface area (TPSA) is 64.3 Å². The number of ether oxygens (including phenoxy) is 1. The van der Waals surface area contributed by atoms with Gasteiger partial charge in [-0.05, 0) is 36.5 Å². The van der Waals surface area contributed by atoms with Gasteiger partial charge in [-0.3, -0.25) is 4.79 Å². The third-order valence-corrected chi connectivity index (χ3v) is 3.62. The summed E-state index contributed by atoms with van der Waals surface area (Å²) in [5.74, 6) is 0.912. The van der Waals surface area contributed by atoms with Gasteiger partial charge in [-0.1, -0.05) is 27.7 Å². The van der Waals surface area contributed by atoms with Gasteiger partial charge < -0.3 is 15.8 Å². The van der Waals surface area contributed by atoms with Crippen LogP contribution in [0.3, 0.4) is 0 Å². The Morgan fingerprint density at radius 1 is 1.40 bits per heavy atom. The normalized spacial score (nSPS) is 12.8. The van der Waals surface area contributed by atoms with Crippen molar-refractivity contribution in [2.45, 2.75) is 34.6 Å². The second kappa shape index (κ2) is 6.64. The SMILES string of the molecule is CCOc1ccc(C(=O)NCC(C)C(C)(C)C)cc1N. The van der Waals surface area contributed by atoms with Crippen molar-refractivity contribution in [2.75, 3.05) is 18.9 Å². The quantitative estimate of drug-likeness (QED) is 0.813. The van der Waals surface area contributed by atoms with Crippen molar-refractivity contribution in [1.82, 2.24) is 5.32 Å². The first-order valence-corrected chi connectivity index (χ1v) is 7.06. The van der Waals surface area contributed by atoms with Crippen LogP contribution in [0, 0.1) is 11.3 Å². The van der Waals surface area contributed by atoms with E-state index in [0.717, 1.165) is 0 Å². The van der Waals surface area contributed by atoms with Gasteiger partial charge in [-0.2, -0.15) is 0 Å². The highest BCUT2D eigenvalue weighted by atomic mass is 16.5. The minimum atomic E-state index is -0.101. The monoisotopic (exact) mass is 278 g/mol. The second-order valence-corrected chi connectivity index (χ2v) is 6.16. The zero-order valence-corrected chi connectivity index (χ0v) is 13.1. The first kappa shape index (κ1) is 16.3. The van der Waals surface area contributed by atoms with E-state index in [1.54, 1.807) is 18.2 Å². The fourth-order valence-corrected chi connectivity index (χ4v) is 1.63. The average molecular weight is 278 g/mol.